The number of hydrogen-bond donors (Lipinski definition) is 0. The molecule has 1 unspecified atom stereocenters. The van der Waals surface area contributed by atoms with E-state index in [4.69, 9.17) is 0 Å². The summed E-state index contributed by atoms with van der Waals surface area (Å²) in [6, 6.07) is 0.822. The lowest BCUT2D eigenvalue weighted by atomic mass is 9.99. The van der Waals surface area contributed by atoms with Crippen LogP contribution in [-0.4, -0.2) is 25.0 Å². The Morgan fingerprint density at radius 1 is 0.379 bits per heavy atom. The van der Waals surface area contributed by atoms with Crippen molar-refractivity contribution in [2.24, 2.45) is 0 Å². The van der Waals surface area contributed by atoms with Crippen molar-refractivity contribution in [1.82, 2.24) is 4.90 Å². The zero-order valence-electron chi connectivity index (χ0n) is 21.3. The van der Waals surface area contributed by atoms with Gasteiger partial charge in [-0.05, 0) is 26.9 Å². The summed E-state index contributed by atoms with van der Waals surface area (Å²) in [5, 5.41) is 0. The second kappa shape index (κ2) is 24.2. The summed E-state index contributed by atoms with van der Waals surface area (Å²) in [6.07, 6.45) is 33.4. The van der Waals surface area contributed by atoms with Gasteiger partial charge in [-0.15, -0.1) is 0 Å². The van der Waals surface area contributed by atoms with Crippen LogP contribution in [0.2, 0.25) is 0 Å². The Balaban J connectivity index is 3.31. The number of rotatable bonds is 24. The van der Waals surface area contributed by atoms with Crippen molar-refractivity contribution in [3.63, 3.8) is 0 Å². The molecule has 0 aliphatic rings. The Bertz CT molecular complexity index is 286. The third-order valence-corrected chi connectivity index (χ3v) is 6.76. The van der Waals surface area contributed by atoms with Crippen LogP contribution >= 0.6 is 0 Å². The highest BCUT2D eigenvalue weighted by molar-refractivity contribution is 4.66. The molecule has 0 amide bonds. The standard InChI is InChI=1S/C28H59N/c1-5-7-9-11-12-13-14-15-16-17-18-19-20-21-23-25-27-28(29(3)4)26-24-22-10-8-6-2/h28H,5-27H2,1-4H3. The quantitative estimate of drug-likeness (QED) is 0.143. The van der Waals surface area contributed by atoms with Gasteiger partial charge in [-0.3, -0.25) is 0 Å². The van der Waals surface area contributed by atoms with Crippen LogP contribution in [0.15, 0.2) is 0 Å². The van der Waals surface area contributed by atoms with E-state index in [1.165, 1.54) is 148 Å². The average Bonchev–Trinajstić information content (AvgIpc) is 2.71. The van der Waals surface area contributed by atoms with Crippen LogP contribution in [0.1, 0.15) is 162 Å². The molecule has 0 spiro atoms. The van der Waals surface area contributed by atoms with Gasteiger partial charge in [0.2, 0.25) is 0 Å². The van der Waals surface area contributed by atoms with E-state index >= 15 is 0 Å². The summed E-state index contributed by atoms with van der Waals surface area (Å²) in [6.45, 7) is 4.61. The van der Waals surface area contributed by atoms with Crippen molar-refractivity contribution in [3.8, 4) is 0 Å². The summed E-state index contributed by atoms with van der Waals surface area (Å²) in [7, 11) is 4.56. The maximum atomic E-state index is 2.48. The van der Waals surface area contributed by atoms with Crippen LogP contribution in [-0.2, 0) is 0 Å². The van der Waals surface area contributed by atoms with Gasteiger partial charge >= 0.3 is 0 Å². The fraction of sp³-hybridized carbons (Fsp3) is 1.00. The molecule has 0 rings (SSSR count). The monoisotopic (exact) mass is 409 g/mol. The fourth-order valence-electron chi connectivity index (χ4n) is 4.57. The van der Waals surface area contributed by atoms with Gasteiger partial charge < -0.3 is 4.90 Å². The van der Waals surface area contributed by atoms with Gasteiger partial charge in [-0.25, -0.2) is 0 Å². The van der Waals surface area contributed by atoms with Gasteiger partial charge in [0.05, 0.1) is 0 Å². The highest BCUT2D eigenvalue weighted by Gasteiger charge is 2.10. The second-order valence-electron chi connectivity index (χ2n) is 9.91. The molecule has 1 heteroatoms. The van der Waals surface area contributed by atoms with Gasteiger partial charge in [-0.2, -0.15) is 0 Å². The second-order valence-corrected chi connectivity index (χ2v) is 9.91. The Morgan fingerprint density at radius 2 is 0.621 bits per heavy atom. The zero-order chi connectivity index (χ0) is 21.4. The van der Waals surface area contributed by atoms with E-state index in [-0.39, 0.29) is 0 Å². The molecular weight excluding hydrogens is 350 g/mol. The van der Waals surface area contributed by atoms with Crippen LogP contribution in [0.4, 0.5) is 0 Å². The first kappa shape index (κ1) is 29.0. The summed E-state index contributed by atoms with van der Waals surface area (Å²) >= 11 is 0. The molecule has 0 saturated carbocycles. The van der Waals surface area contributed by atoms with Gasteiger partial charge in [0.15, 0.2) is 0 Å². The summed E-state index contributed by atoms with van der Waals surface area (Å²) in [5.41, 5.74) is 0. The minimum atomic E-state index is 0.822. The molecule has 0 aromatic heterocycles. The van der Waals surface area contributed by atoms with E-state index in [9.17, 15) is 0 Å². The molecule has 0 heterocycles. The SMILES string of the molecule is CCCCCCCCCCCCCCCCCCC(CCCCCCC)N(C)C. The molecule has 1 atom stereocenters. The van der Waals surface area contributed by atoms with Crippen LogP contribution in [0.5, 0.6) is 0 Å². The molecule has 0 aliphatic heterocycles. The maximum Gasteiger partial charge on any atom is 0.00891 e. The van der Waals surface area contributed by atoms with E-state index in [0.29, 0.717) is 0 Å². The van der Waals surface area contributed by atoms with Gasteiger partial charge in [0, 0.05) is 6.04 Å². The minimum absolute atomic E-state index is 0.822. The summed E-state index contributed by atoms with van der Waals surface area (Å²) in [5.74, 6) is 0. The van der Waals surface area contributed by atoms with Crippen LogP contribution in [0, 0.1) is 0 Å². The van der Waals surface area contributed by atoms with Crippen molar-refractivity contribution >= 4 is 0 Å². The molecule has 0 aromatic rings. The fourth-order valence-corrected chi connectivity index (χ4v) is 4.57. The number of unbranched alkanes of at least 4 members (excludes halogenated alkanes) is 19. The van der Waals surface area contributed by atoms with Gasteiger partial charge in [-0.1, -0.05) is 149 Å². The molecule has 0 aliphatic carbocycles. The highest BCUT2D eigenvalue weighted by atomic mass is 15.1. The van der Waals surface area contributed by atoms with Gasteiger partial charge in [0.1, 0.15) is 0 Å². The first-order valence-electron chi connectivity index (χ1n) is 13.9. The largest absolute Gasteiger partial charge is 0.306 e. The van der Waals surface area contributed by atoms with Crippen molar-refractivity contribution in [2.75, 3.05) is 14.1 Å². The molecule has 1 nitrogen and oxygen atoms in total. The van der Waals surface area contributed by atoms with Crippen molar-refractivity contribution in [3.05, 3.63) is 0 Å². The topological polar surface area (TPSA) is 3.24 Å². The summed E-state index contributed by atoms with van der Waals surface area (Å²) < 4.78 is 0. The van der Waals surface area contributed by atoms with E-state index in [1.807, 2.05) is 0 Å². The molecule has 0 saturated heterocycles. The molecule has 176 valence electrons. The van der Waals surface area contributed by atoms with E-state index in [2.05, 4.69) is 32.8 Å². The van der Waals surface area contributed by atoms with E-state index in [0.717, 1.165) is 6.04 Å². The lowest BCUT2D eigenvalue weighted by Crippen LogP contribution is -2.27. The zero-order valence-corrected chi connectivity index (χ0v) is 21.3. The number of hydrogen-bond acceptors (Lipinski definition) is 1. The minimum Gasteiger partial charge on any atom is -0.306 e. The Kier molecular flexibility index (Phi) is 24.2. The number of nitrogens with zero attached hydrogens (tertiary/aromatic N) is 1. The predicted octanol–water partition coefficient (Wildman–Crippen LogP) is 9.93. The molecule has 0 bridgehead atoms. The van der Waals surface area contributed by atoms with Gasteiger partial charge in [0.25, 0.3) is 0 Å². The molecular formula is C28H59N. The third-order valence-electron chi connectivity index (χ3n) is 6.76. The first-order valence-corrected chi connectivity index (χ1v) is 13.9. The highest BCUT2D eigenvalue weighted by Crippen LogP contribution is 2.17. The Labute approximate surface area is 186 Å². The lowest BCUT2D eigenvalue weighted by molar-refractivity contribution is 0.251. The van der Waals surface area contributed by atoms with Crippen LogP contribution in [0.3, 0.4) is 0 Å². The van der Waals surface area contributed by atoms with Crippen molar-refractivity contribution in [2.45, 2.75) is 168 Å². The van der Waals surface area contributed by atoms with E-state index < -0.39 is 0 Å². The molecule has 0 N–H and O–H groups in total. The maximum absolute atomic E-state index is 2.48. The third kappa shape index (κ3) is 22.5. The van der Waals surface area contributed by atoms with Crippen molar-refractivity contribution in [1.29, 1.82) is 0 Å². The molecule has 0 aromatic carbocycles. The Morgan fingerprint density at radius 3 is 0.862 bits per heavy atom. The normalized spacial score (nSPS) is 12.7. The van der Waals surface area contributed by atoms with Crippen LogP contribution < -0.4 is 0 Å². The predicted molar refractivity (Wildman–Crippen MR) is 135 cm³/mol. The Hall–Kier alpha value is -0.0400. The van der Waals surface area contributed by atoms with Crippen molar-refractivity contribution < 1.29 is 0 Å². The molecule has 0 radical (unpaired) electrons. The molecule has 29 heavy (non-hydrogen) atoms. The first-order chi connectivity index (χ1) is 14.2. The van der Waals surface area contributed by atoms with E-state index in [1.54, 1.807) is 0 Å². The molecule has 0 fully saturated rings. The van der Waals surface area contributed by atoms with Crippen LogP contribution in [0.25, 0.3) is 0 Å². The smallest absolute Gasteiger partial charge is 0.00891 e. The summed E-state index contributed by atoms with van der Waals surface area (Å²) in [4.78, 5) is 2.48. The lowest BCUT2D eigenvalue weighted by Gasteiger charge is -2.24. The average molecular weight is 410 g/mol.